The van der Waals surface area contributed by atoms with Crippen molar-refractivity contribution in [3.05, 3.63) is 33.9 Å². The zero-order valence-electron chi connectivity index (χ0n) is 10.9. The molecular weight excluding hydrogens is 232 g/mol. The maximum absolute atomic E-state index is 10.6. The van der Waals surface area contributed by atoms with E-state index in [9.17, 15) is 10.1 Å². The first-order chi connectivity index (χ1) is 8.54. The van der Waals surface area contributed by atoms with Crippen molar-refractivity contribution in [3.8, 4) is 0 Å². The molecule has 0 fully saturated rings. The van der Waals surface area contributed by atoms with E-state index in [1.54, 1.807) is 12.1 Å². The molecule has 100 valence electrons. The number of nitrogens with two attached hydrogens (primary N) is 1. The Bertz CT molecular complexity index is 407. The summed E-state index contributed by atoms with van der Waals surface area (Å²) in [5, 5.41) is 10.6. The van der Waals surface area contributed by atoms with Crippen molar-refractivity contribution in [1.82, 2.24) is 0 Å². The Balaban J connectivity index is 2.49. The molecule has 0 aromatic heterocycles. The van der Waals surface area contributed by atoms with Crippen LogP contribution in [0.4, 0.5) is 11.4 Å². The zero-order valence-corrected chi connectivity index (χ0v) is 10.9. The molecule has 0 saturated heterocycles. The summed E-state index contributed by atoms with van der Waals surface area (Å²) in [4.78, 5) is 10.1. The average molecular weight is 252 g/mol. The van der Waals surface area contributed by atoms with Crippen molar-refractivity contribution >= 4 is 11.4 Å². The van der Waals surface area contributed by atoms with Gasteiger partial charge in [-0.15, -0.1) is 0 Å². The summed E-state index contributed by atoms with van der Waals surface area (Å²) in [7, 11) is 0. The molecule has 1 unspecified atom stereocenters. The van der Waals surface area contributed by atoms with Crippen molar-refractivity contribution in [2.75, 3.05) is 12.3 Å². The van der Waals surface area contributed by atoms with Crippen LogP contribution in [0, 0.1) is 16.0 Å². The molecule has 0 bridgehead atoms. The molecule has 0 spiro atoms. The van der Waals surface area contributed by atoms with E-state index in [1.807, 2.05) is 0 Å². The lowest BCUT2D eigenvalue weighted by molar-refractivity contribution is -0.383. The third-order valence-corrected chi connectivity index (χ3v) is 2.74. The summed E-state index contributed by atoms with van der Waals surface area (Å²) in [6.45, 7) is 5.43. The van der Waals surface area contributed by atoms with Crippen LogP contribution in [0.1, 0.15) is 32.3 Å². The molecule has 0 aliphatic carbocycles. The first-order valence-electron chi connectivity index (χ1n) is 6.15. The fourth-order valence-corrected chi connectivity index (χ4v) is 1.81. The van der Waals surface area contributed by atoms with Gasteiger partial charge in [0.15, 0.2) is 0 Å². The van der Waals surface area contributed by atoms with Gasteiger partial charge in [0.2, 0.25) is 0 Å². The Morgan fingerprint density at radius 2 is 2.22 bits per heavy atom. The van der Waals surface area contributed by atoms with Crippen molar-refractivity contribution in [3.63, 3.8) is 0 Å². The van der Waals surface area contributed by atoms with E-state index in [1.165, 1.54) is 6.07 Å². The van der Waals surface area contributed by atoms with Crippen LogP contribution in [0.15, 0.2) is 18.2 Å². The molecule has 1 aromatic carbocycles. The third-order valence-electron chi connectivity index (χ3n) is 2.74. The molecule has 5 nitrogen and oxygen atoms in total. The van der Waals surface area contributed by atoms with Gasteiger partial charge in [-0.25, -0.2) is 0 Å². The summed E-state index contributed by atoms with van der Waals surface area (Å²) in [6, 6.07) is 4.70. The minimum Gasteiger partial charge on any atom is -0.393 e. The van der Waals surface area contributed by atoms with Crippen LogP contribution in [0.5, 0.6) is 0 Å². The molecule has 2 N–H and O–H groups in total. The molecule has 0 aliphatic rings. The van der Waals surface area contributed by atoms with Gasteiger partial charge in [-0.05, 0) is 30.0 Å². The lowest BCUT2D eigenvalue weighted by atomic mass is 10.1. The van der Waals surface area contributed by atoms with Crippen LogP contribution >= 0.6 is 0 Å². The maximum Gasteiger partial charge on any atom is 0.292 e. The fraction of sp³-hybridized carbons (Fsp3) is 0.538. The molecule has 0 heterocycles. The van der Waals surface area contributed by atoms with Gasteiger partial charge in [-0.1, -0.05) is 20.3 Å². The van der Waals surface area contributed by atoms with Gasteiger partial charge in [-0.2, -0.15) is 0 Å². The number of nitrogens with zero attached hydrogens (tertiary/aromatic N) is 1. The maximum atomic E-state index is 10.6. The highest BCUT2D eigenvalue weighted by molar-refractivity contribution is 5.59. The quantitative estimate of drug-likeness (QED) is 0.459. The summed E-state index contributed by atoms with van der Waals surface area (Å²) in [6.07, 6.45) is 2.29. The van der Waals surface area contributed by atoms with Crippen molar-refractivity contribution in [1.29, 1.82) is 0 Å². The Kier molecular flexibility index (Phi) is 5.58. The third kappa shape index (κ3) is 4.33. The SMILES string of the molecule is CCCC(C)COCc1ccc([N+](=O)[O-])c(N)c1. The molecule has 1 rings (SSSR count). The number of nitrogen functional groups attached to an aromatic ring is 1. The Labute approximate surface area is 107 Å². The average Bonchev–Trinajstić information content (AvgIpc) is 2.29. The van der Waals surface area contributed by atoms with Gasteiger partial charge in [0.25, 0.3) is 5.69 Å². The van der Waals surface area contributed by atoms with E-state index in [0.717, 1.165) is 18.4 Å². The van der Waals surface area contributed by atoms with Crippen LogP contribution in [0.2, 0.25) is 0 Å². The fourth-order valence-electron chi connectivity index (χ4n) is 1.81. The van der Waals surface area contributed by atoms with E-state index in [0.29, 0.717) is 19.1 Å². The number of ether oxygens (including phenoxy) is 1. The van der Waals surface area contributed by atoms with Crippen molar-refractivity contribution in [2.24, 2.45) is 5.92 Å². The Hall–Kier alpha value is -1.62. The van der Waals surface area contributed by atoms with Crippen molar-refractivity contribution < 1.29 is 9.66 Å². The van der Waals surface area contributed by atoms with Gasteiger partial charge in [-0.3, -0.25) is 10.1 Å². The molecule has 18 heavy (non-hydrogen) atoms. The highest BCUT2D eigenvalue weighted by Crippen LogP contribution is 2.22. The van der Waals surface area contributed by atoms with E-state index in [-0.39, 0.29) is 11.4 Å². The van der Waals surface area contributed by atoms with E-state index in [4.69, 9.17) is 10.5 Å². The lowest BCUT2D eigenvalue weighted by Gasteiger charge is -2.11. The number of hydrogen-bond acceptors (Lipinski definition) is 4. The van der Waals surface area contributed by atoms with Gasteiger partial charge in [0.1, 0.15) is 5.69 Å². The van der Waals surface area contributed by atoms with Crippen molar-refractivity contribution in [2.45, 2.75) is 33.3 Å². The van der Waals surface area contributed by atoms with Gasteiger partial charge < -0.3 is 10.5 Å². The Morgan fingerprint density at radius 1 is 1.50 bits per heavy atom. The normalized spacial score (nSPS) is 12.3. The van der Waals surface area contributed by atoms with Crippen LogP contribution < -0.4 is 5.73 Å². The van der Waals surface area contributed by atoms with Gasteiger partial charge in [0, 0.05) is 12.7 Å². The summed E-state index contributed by atoms with van der Waals surface area (Å²) in [5.74, 6) is 0.533. The van der Waals surface area contributed by atoms with E-state index in [2.05, 4.69) is 13.8 Å². The largest absolute Gasteiger partial charge is 0.393 e. The number of hydrogen-bond donors (Lipinski definition) is 1. The number of anilines is 1. The first-order valence-corrected chi connectivity index (χ1v) is 6.15. The van der Waals surface area contributed by atoms with Gasteiger partial charge in [0.05, 0.1) is 11.5 Å². The monoisotopic (exact) mass is 252 g/mol. The molecule has 1 aromatic rings. The number of nitro benzene ring substituents is 1. The summed E-state index contributed by atoms with van der Waals surface area (Å²) in [5.41, 5.74) is 6.59. The molecule has 1 atom stereocenters. The predicted octanol–water partition coefficient (Wildman–Crippen LogP) is 3.13. The molecule has 0 aliphatic heterocycles. The standard InChI is InChI=1S/C13H20N2O3/c1-3-4-10(2)8-18-9-11-5-6-13(15(16)17)12(14)7-11/h5-7,10H,3-4,8-9,14H2,1-2H3. The van der Waals surface area contributed by atoms with Gasteiger partial charge >= 0.3 is 0 Å². The van der Waals surface area contributed by atoms with Crippen LogP contribution in [0.25, 0.3) is 0 Å². The molecular formula is C13H20N2O3. The molecule has 0 amide bonds. The molecule has 5 heteroatoms. The van der Waals surface area contributed by atoms with E-state index >= 15 is 0 Å². The van der Waals surface area contributed by atoms with Crippen LogP contribution in [-0.2, 0) is 11.3 Å². The Morgan fingerprint density at radius 3 is 2.78 bits per heavy atom. The number of rotatable bonds is 7. The second-order valence-corrected chi connectivity index (χ2v) is 4.56. The highest BCUT2D eigenvalue weighted by Gasteiger charge is 2.11. The first kappa shape index (κ1) is 14.4. The molecule has 0 radical (unpaired) electrons. The minimum atomic E-state index is -0.483. The zero-order chi connectivity index (χ0) is 13.5. The van der Waals surface area contributed by atoms with Crippen LogP contribution in [-0.4, -0.2) is 11.5 Å². The summed E-state index contributed by atoms with van der Waals surface area (Å²) < 4.78 is 5.56. The van der Waals surface area contributed by atoms with Crippen LogP contribution in [0.3, 0.4) is 0 Å². The van der Waals surface area contributed by atoms with E-state index < -0.39 is 4.92 Å². The molecule has 0 saturated carbocycles. The highest BCUT2D eigenvalue weighted by atomic mass is 16.6. The second-order valence-electron chi connectivity index (χ2n) is 4.56. The number of nitro groups is 1. The topological polar surface area (TPSA) is 78.4 Å². The number of benzene rings is 1. The minimum absolute atomic E-state index is 0.0573. The second kappa shape index (κ2) is 6.96. The predicted molar refractivity (Wildman–Crippen MR) is 71.2 cm³/mol. The smallest absolute Gasteiger partial charge is 0.292 e. The summed E-state index contributed by atoms with van der Waals surface area (Å²) >= 11 is 0. The lowest BCUT2D eigenvalue weighted by Crippen LogP contribution is -2.06.